The summed E-state index contributed by atoms with van der Waals surface area (Å²) in [4.78, 5) is 37.5. The molecule has 0 radical (unpaired) electrons. The number of benzene rings is 2. The van der Waals surface area contributed by atoms with Crippen LogP contribution in [0.2, 0.25) is 0 Å². The number of nitrogens with one attached hydrogen (secondary N) is 1. The fourth-order valence-electron chi connectivity index (χ4n) is 3.24. The first-order valence-electron chi connectivity index (χ1n) is 9.09. The Hall–Kier alpha value is -4.21. The van der Waals surface area contributed by atoms with Crippen molar-refractivity contribution in [2.24, 2.45) is 0 Å². The number of rotatable bonds is 4. The monoisotopic (exact) mass is 406 g/mol. The van der Waals surface area contributed by atoms with Gasteiger partial charge in [0, 0.05) is 24.0 Å². The lowest BCUT2D eigenvalue weighted by atomic mass is 10.2. The topological polar surface area (TPSA) is 124 Å². The summed E-state index contributed by atoms with van der Waals surface area (Å²) in [5, 5.41) is 10.3. The second-order valence-corrected chi connectivity index (χ2v) is 6.61. The summed E-state index contributed by atoms with van der Waals surface area (Å²) >= 11 is 0. The van der Waals surface area contributed by atoms with Gasteiger partial charge in [0.25, 0.3) is 5.91 Å². The predicted octanol–water partition coefficient (Wildman–Crippen LogP) is 2.37. The minimum atomic E-state index is -0.517. The average molecular weight is 406 g/mol. The normalized spacial score (nSPS) is 15.0. The van der Waals surface area contributed by atoms with E-state index in [9.17, 15) is 14.4 Å². The van der Waals surface area contributed by atoms with Gasteiger partial charge in [0.15, 0.2) is 11.5 Å². The smallest absolute Gasteiger partial charge is 0.322 e. The van der Waals surface area contributed by atoms with Gasteiger partial charge in [-0.15, -0.1) is 5.10 Å². The number of carbonyl (C=O) groups is 3. The van der Waals surface area contributed by atoms with Crippen molar-refractivity contribution in [1.82, 2.24) is 10.2 Å². The summed E-state index contributed by atoms with van der Waals surface area (Å²) < 4.78 is 16.1. The summed E-state index contributed by atoms with van der Waals surface area (Å²) in [5.74, 6) is 0.300. The number of carbonyl (C=O) groups excluding carboxylic acids is 3. The highest BCUT2D eigenvalue weighted by Gasteiger charge is 2.30. The third kappa shape index (κ3) is 3.13. The Bertz CT molecular complexity index is 1170. The lowest BCUT2D eigenvalue weighted by Crippen LogP contribution is -2.28. The first-order chi connectivity index (χ1) is 14.6. The molecule has 10 nitrogen and oxygen atoms in total. The molecule has 1 fully saturated rings. The van der Waals surface area contributed by atoms with Crippen molar-refractivity contribution in [2.75, 3.05) is 17.0 Å². The van der Waals surface area contributed by atoms with Crippen LogP contribution >= 0.6 is 0 Å². The second kappa shape index (κ2) is 6.99. The van der Waals surface area contributed by atoms with Gasteiger partial charge >= 0.3 is 6.01 Å². The number of anilines is 2. The van der Waals surface area contributed by atoms with Gasteiger partial charge in [0.05, 0.1) is 5.69 Å². The van der Waals surface area contributed by atoms with Gasteiger partial charge < -0.3 is 13.9 Å². The SMILES string of the molecule is O=C(Nc1nnc(-c2ccc3c(c2)OCO3)o1)c1cccc(N2C(=O)CCC2=O)c1. The zero-order chi connectivity index (χ0) is 20.7. The molecule has 5 rings (SSSR count). The minimum Gasteiger partial charge on any atom is -0.454 e. The average Bonchev–Trinajstić information content (AvgIpc) is 3.48. The van der Waals surface area contributed by atoms with E-state index in [1.807, 2.05) is 0 Å². The Labute approximate surface area is 169 Å². The molecule has 3 heterocycles. The van der Waals surface area contributed by atoms with E-state index in [0.717, 1.165) is 4.90 Å². The molecule has 1 aromatic heterocycles. The molecule has 2 aliphatic heterocycles. The highest BCUT2D eigenvalue weighted by atomic mass is 16.7. The fraction of sp³-hybridized carbons (Fsp3) is 0.150. The van der Waals surface area contributed by atoms with Crippen LogP contribution in [0.1, 0.15) is 23.2 Å². The molecule has 0 aliphatic carbocycles. The molecule has 1 N–H and O–H groups in total. The number of amides is 3. The second-order valence-electron chi connectivity index (χ2n) is 6.61. The number of hydrogen-bond acceptors (Lipinski definition) is 8. The first-order valence-corrected chi connectivity index (χ1v) is 9.09. The Morgan fingerprint density at radius 3 is 2.60 bits per heavy atom. The molecule has 0 unspecified atom stereocenters. The number of fused-ring (bicyclic) bond motifs is 1. The van der Waals surface area contributed by atoms with Crippen LogP contribution in [0.15, 0.2) is 46.9 Å². The molecule has 2 aromatic carbocycles. The van der Waals surface area contributed by atoms with Crippen molar-refractivity contribution in [3.8, 4) is 23.0 Å². The van der Waals surface area contributed by atoms with Crippen LogP contribution in [-0.2, 0) is 9.59 Å². The molecule has 0 bridgehead atoms. The van der Waals surface area contributed by atoms with Gasteiger partial charge in [0.1, 0.15) is 0 Å². The van der Waals surface area contributed by atoms with Gasteiger partial charge in [-0.3, -0.25) is 24.6 Å². The van der Waals surface area contributed by atoms with Gasteiger partial charge in [0.2, 0.25) is 24.5 Å². The van der Waals surface area contributed by atoms with E-state index >= 15 is 0 Å². The zero-order valence-electron chi connectivity index (χ0n) is 15.5. The molecule has 30 heavy (non-hydrogen) atoms. The summed E-state index contributed by atoms with van der Waals surface area (Å²) in [7, 11) is 0. The third-order valence-corrected chi connectivity index (χ3v) is 4.68. The van der Waals surface area contributed by atoms with Gasteiger partial charge in [-0.25, -0.2) is 0 Å². The molecule has 3 amide bonds. The molecular weight excluding hydrogens is 392 g/mol. The molecule has 150 valence electrons. The predicted molar refractivity (Wildman–Crippen MR) is 102 cm³/mol. The van der Waals surface area contributed by atoms with Crippen molar-refractivity contribution in [1.29, 1.82) is 0 Å². The zero-order valence-corrected chi connectivity index (χ0v) is 15.5. The van der Waals surface area contributed by atoms with Crippen LogP contribution in [-0.4, -0.2) is 34.7 Å². The van der Waals surface area contributed by atoms with Crippen molar-refractivity contribution in [3.05, 3.63) is 48.0 Å². The highest BCUT2D eigenvalue weighted by Crippen LogP contribution is 2.35. The summed E-state index contributed by atoms with van der Waals surface area (Å²) in [6, 6.07) is 11.3. The Morgan fingerprint density at radius 1 is 0.967 bits per heavy atom. The lowest BCUT2D eigenvalue weighted by Gasteiger charge is -2.14. The van der Waals surface area contributed by atoms with Crippen LogP contribution in [0.5, 0.6) is 11.5 Å². The van der Waals surface area contributed by atoms with Gasteiger partial charge in [-0.2, -0.15) is 0 Å². The Morgan fingerprint density at radius 2 is 1.77 bits per heavy atom. The number of hydrogen-bond donors (Lipinski definition) is 1. The van der Waals surface area contributed by atoms with Crippen molar-refractivity contribution >= 4 is 29.4 Å². The number of imide groups is 1. The molecule has 10 heteroatoms. The van der Waals surface area contributed by atoms with Crippen molar-refractivity contribution < 1.29 is 28.3 Å². The van der Waals surface area contributed by atoms with Crippen LogP contribution < -0.4 is 19.7 Å². The molecule has 2 aliphatic rings. The van der Waals surface area contributed by atoms with Crippen LogP contribution in [0.25, 0.3) is 11.5 Å². The summed E-state index contributed by atoms with van der Waals surface area (Å²) in [5.41, 5.74) is 1.20. The fourth-order valence-corrected chi connectivity index (χ4v) is 3.24. The number of nitrogens with zero attached hydrogens (tertiary/aromatic N) is 3. The molecule has 1 saturated heterocycles. The lowest BCUT2D eigenvalue weighted by molar-refractivity contribution is -0.121. The third-order valence-electron chi connectivity index (χ3n) is 4.68. The molecule has 0 spiro atoms. The van der Waals surface area contributed by atoms with E-state index in [0.29, 0.717) is 22.7 Å². The van der Waals surface area contributed by atoms with E-state index < -0.39 is 5.91 Å². The molecular formula is C20H14N4O6. The maximum absolute atomic E-state index is 12.6. The van der Waals surface area contributed by atoms with Crippen LogP contribution in [0, 0.1) is 0 Å². The molecule has 0 atom stereocenters. The summed E-state index contributed by atoms with van der Waals surface area (Å²) in [6.07, 6.45) is 0.333. The standard InChI is InChI=1S/C20H14N4O6/c25-16-6-7-17(26)24(16)13-3-1-2-11(8-13)18(27)21-20-23-22-19(30-20)12-4-5-14-15(9-12)29-10-28-14/h1-5,8-9H,6-7,10H2,(H,21,23,27). The summed E-state index contributed by atoms with van der Waals surface area (Å²) in [6.45, 7) is 0.150. The largest absolute Gasteiger partial charge is 0.454 e. The van der Waals surface area contributed by atoms with Crippen molar-refractivity contribution in [2.45, 2.75) is 12.8 Å². The Kier molecular flexibility index (Phi) is 4.16. The van der Waals surface area contributed by atoms with E-state index in [1.54, 1.807) is 36.4 Å². The van der Waals surface area contributed by atoms with Crippen LogP contribution in [0.3, 0.4) is 0 Å². The van der Waals surface area contributed by atoms with Crippen LogP contribution in [0.4, 0.5) is 11.7 Å². The number of aromatic nitrogens is 2. The van der Waals surface area contributed by atoms with E-state index in [-0.39, 0.29) is 48.9 Å². The number of ether oxygens (including phenoxy) is 2. The Balaban J connectivity index is 1.33. The van der Waals surface area contributed by atoms with E-state index in [2.05, 4.69) is 15.5 Å². The highest BCUT2D eigenvalue weighted by molar-refractivity contribution is 6.20. The minimum absolute atomic E-state index is 0.0913. The van der Waals surface area contributed by atoms with Gasteiger partial charge in [-0.05, 0) is 36.4 Å². The maximum atomic E-state index is 12.6. The molecule has 0 saturated carbocycles. The van der Waals surface area contributed by atoms with E-state index in [1.165, 1.54) is 6.07 Å². The van der Waals surface area contributed by atoms with Gasteiger partial charge in [-0.1, -0.05) is 11.2 Å². The van der Waals surface area contributed by atoms with Crippen molar-refractivity contribution in [3.63, 3.8) is 0 Å². The maximum Gasteiger partial charge on any atom is 0.322 e. The first kappa shape index (κ1) is 17.9. The van der Waals surface area contributed by atoms with E-state index in [4.69, 9.17) is 13.9 Å². The quantitative estimate of drug-likeness (QED) is 0.655. The molecule has 3 aromatic rings.